The van der Waals surface area contributed by atoms with Crippen molar-refractivity contribution in [3.63, 3.8) is 0 Å². The van der Waals surface area contributed by atoms with Gasteiger partial charge in [-0.1, -0.05) is 0 Å². The lowest BCUT2D eigenvalue weighted by Gasteiger charge is -2.36. The van der Waals surface area contributed by atoms with E-state index < -0.39 is 0 Å². The number of likely N-dealkylation sites (tertiary alicyclic amines) is 1. The summed E-state index contributed by atoms with van der Waals surface area (Å²) in [5.74, 6) is 2.70. The Hall–Kier alpha value is -0.520. The minimum absolute atomic E-state index is 0.459. The first-order valence-corrected chi connectivity index (χ1v) is 5.53. The highest BCUT2D eigenvalue weighted by atomic mass is 15.1. The van der Waals surface area contributed by atoms with Crippen LogP contribution in [0.3, 0.4) is 0 Å². The van der Waals surface area contributed by atoms with E-state index in [-0.39, 0.29) is 0 Å². The molecule has 1 aliphatic heterocycles. The molecule has 0 radical (unpaired) electrons. The number of hydrogen-bond donors (Lipinski definition) is 1. The predicted molar refractivity (Wildman–Crippen MR) is 61.2 cm³/mol. The number of piperidine rings is 1. The van der Waals surface area contributed by atoms with Gasteiger partial charge in [0, 0.05) is 24.5 Å². The summed E-state index contributed by atoms with van der Waals surface area (Å²) < 4.78 is 0. The van der Waals surface area contributed by atoms with E-state index >= 15 is 0 Å². The number of nitrogens with zero attached hydrogens (tertiary/aromatic N) is 1. The van der Waals surface area contributed by atoms with Crippen LogP contribution in [0.5, 0.6) is 0 Å². The van der Waals surface area contributed by atoms with Crippen LogP contribution in [0.4, 0.5) is 0 Å². The molecule has 0 aromatic carbocycles. The fraction of sp³-hybridized carbons (Fsp3) is 0.833. The van der Waals surface area contributed by atoms with Gasteiger partial charge >= 0.3 is 0 Å². The molecule has 3 unspecified atom stereocenters. The van der Waals surface area contributed by atoms with E-state index in [1.165, 1.54) is 19.4 Å². The molecule has 0 aliphatic carbocycles. The average molecular weight is 194 g/mol. The van der Waals surface area contributed by atoms with Gasteiger partial charge in [0.05, 0.1) is 0 Å². The highest BCUT2D eigenvalue weighted by Gasteiger charge is 2.23. The molecule has 80 valence electrons. The molecule has 0 saturated carbocycles. The van der Waals surface area contributed by atoms with Crippen LogP contribution in [0.25, 0.3) is 0 Å². The summed E-state index contributed by atoms with van der Waals surface area (Å²) in [5.41, 5.74) is 0. The van der Waals surface area contributed by atoms with Crippen LogP contribution in [-0.4, -0.2) is 36.6 Å². The lowest BCUT2D eigenvalue weighted by atomic mass is 9.98. The number of rotatable bonds is 3. The second-order valence-electron chi connectivity index (χ2n) is 4.53. The normalized spacial score (nSPS) is 31.0. The van der Waals surface area contributed by atoms with E-state index in [0.29, 0.717) is 18.1 Å². The first kappa shape index (κ1) is 11.6. The Kier molecular flexibility index (Phi) is 4.44. The zero-order valence-corrected chi connectivity index (χ0v) is 9.59. The Bertz CT molecular complexity index is 207. The van der Waals surface area contributed by atoms with Crippen molar-refractivity contribution in [2.24, 2.45) is 0 Å². The molecular formula is C12H22N2. The summed E-state index contributed by atoms with van der Waals surface area (Å²) in [7, 11) is 2.20. The fourth-order valence-corrected chi connectivity index (χ4v) is 2.08. The molecule has 0 aromatic rings. The molecule has 3 atom stereocenters. The van der Waals surface area contributed by atoms with Crippen LogP contribution in [0, 0.1) is 12.3 Å². The Morgan fingerprint density at radius 3 is 2.93 bits per heavy atom. The van der Waals surface area contributed by atoms with Gasteiger partial charge in [0.1, 0.15) is 0 Å². The van der Waals surface area contributed by atoms with Gasteiger partial charge in [-0.15, -0.1) is 12.3 Å². The quantitative estimate of drug-likeness (QED) is 0.684. The summed E-state index contributed by atoms with van der Waals surface area (Å²) in [6.45, 7) is 5.66. The van der Waals surface area contributed by atoms with E-state index in [4.69, 9.17) is 6.42 Å². The van der Waals surface area contributed by atoms with E-state index in [2.05, 4.69) is 37.0 Å². The molecule has 1 rings (SSSR count). The van der Waals surface area contributed by atoms with Gasteiger partial charge < -0.3 is 10.2 Å². The van der Waals surface area contributed by atoms with E-state index in [0.717, 1.165) is 6.42 Å². The Morgan fingerprint density at radius 2 is 2.36 bits per heavy atom. The van der Waals surface area contributed by atoms with E-state index in [9.17, 15) is 0 Å². The maximum atomic E-state index is 5.29. The molecule has 0 bridgehead atoms. The third kappa shape index (κ3) is 3.32. The second kappa shape index (κ2) is 5.38. The van der Waals surface area contributed by atoms with Crippen LogP contribution >= 0.6 is 0 Å². The van der Waals surface area contributed by atoms with Gasteiger partial charge in [-0.05, 0) is 40.3 Å². The maximum Gasteiger partial charge on any atom is 0.0238 e. The summed E-state index contributed by atoms with van der Waals surface area (Å²) in [4.78, 5) is 2.42. The van der Waals surface area contributed by atoms with Crippen molar-refractivity contribution in [3.8, 4) is 12.3 Å². The SMILES string of the molecule is C#CCC(C)NC1CCN(C)C(C)C1. The first-order valence-electron chi connectivity index (χ1n) is 5.53. The maximum absolute atomic E-state index is 5.29. The van der Waals surface area contributed by atoms with Gasteiger partial charge in [-0.25, -0.2) is 0 Å². The lowest BCUT2D eigenvalue weighted by molar-refractivity contribution is 0.163. The zero-order valence-electron chi connectivity index (χ0n) is 9.59. The summed E-state index contributed by atoms with van der Waals surface area (Å²) in [6.07, 6.45) is 8.61. The molecule has 0 spiro atoms. The van der Waals surface area contributed by atoms with Gasteiger partial charge in [0.2, 0.25) is 0 Å². The van der Waals surface area contributed by atoms with Gasteiger partial charge in [-0.3, -0.25) is 0 Å². The van der Waals surface area contributed by atoms with Crippen LogP contribution in [-0.2, 0) is 0 Å². The summed E-state index contributed by atoms with van der Waals surface area (Å²) in [5, 5.41) is 3.60. The molecule has 1 aliphatic rings. The molecular weight excluding hydrogens is 172 g/mol. The fourth-order valence-electron chi connectivity index (χ4n) is 2.08. The lowest BCUT2D eigenvalue weighted by Crippen LogP contribution is -2.47. The van der Waals surface area contributed by atoms with Crippen LogP contribution in [0.2, 0.25) is 0 Å². The second-order valence-corrected chi connectivity index (χ2v) is 4.53. The molecule has 2 nitrogen and oxygen atoms in total. The van der Waals surface area contributed by atoms with Gasteiger partial charge in [0.15, 0.2) is 0 Å². The molecule has 1 saturated heterocycles. The van der Waals surface area contributed by atoms with Gasteiger partial charge in [0.25, 0.3) is 0 Å². The smallest absolute Gasteiger partial charge is 0.0238 e. The van der Waals surface area contributed by atoms with Crippen molar-refractivity contribution in [3.05, 3.63) is 0 Å². The molecule has 14 heavy (non-hydrogen) atoms. The van der Waals surface area contributed by atoms with E-state index in [1.807, 2.05) is 0 Å². The minimum atomic E-state index is 0.459. The van der Waals surface area contributed by atoms with Crippen molar-refractivity contribution in [1.82, 2.24) is 10.2 Å². The molecule has 0 aromatic heterocycles. The molecule has 1 N–H and O–H groups in total. The largest absolute Gasteiger partial charge is 0.310 e. The number of terminal acetylenes is 1. The number of hydrogen-bond acceptors (Lipinski definition) is 2. The van der Waals surface area contributed by atoms with Crippen LogP contribution in [0.15, 0.2) is 0 Å². The molecule has 0 amide bonds. The highest BCUT2D eigenvalue weighted by Crippen LogP contribution is 2.15. The minimum Gasteiger partial charge on any atom is -0.310 e. The predicted octanol–water partition coefficient (Wildman–Crippen LogP) is 1.47. The first-order chi connectivity index (χ1) is 6.63. The third-order valence-corrected chi connectivity index (χ3v) is 3.15. The van der Waals surface area contributed by atoms with Gasteiger partial charge in [-0.2, -0.15) is 0 Å². The van der Waals surface area contributed by atoms with Crippen molar-refractivity contribution in [1.29, 1.82) is 0 Å². The monoisotopic (exact) mass is 194 g/mol. The van der Waals surface area contributed by atoms with Crippen molar-refractivity contribution >= 4 is 0 Å². The summed E-state index contributed by atoms with van der Waals surface area (Å²) >= 11 is 0. The number of nitrogens with one attached hydrogen (secondary N) is 1. The standard InChI is InChI=1S/C12H22N2/c1-5-6-10(2)13-12-7-8-14(4)11(3)9-12/h1,10-13H,6-9H2,2-4H3. The van der Waals surface area contributed by atoms with Crippen molar-refractivity contribution in [2.75, 3.05) is 13.6 Å². The highest BCUT2D eigenvalue weighted by molar-refractivity contribution is 4.90. The van der Waals surface area contributed by atoms with Crippen molar-refractivity contribution in [2.45, 2.75) is 51.2 Å². The molecule has 1 heterocycles. The average Bonchev–Trinajstić information content (AvgIpc) is 2.12. The Balaban J connectivity index is 2.30. The topological polar surface area (TPSA) is 15.3 Å². The van der Waals surface area contributed by atoms with Crippen LogP contribution < -0.4 is 5.32 Å². The Labute approximate surface area is 88.1 Å². The molecule has 2 heteroatoms. The van der Waals surface area contributed by atoms with E-state index in [1.54, 1.807) is 0 Å². The Morgan fingerprint density at radius 1 is 1.64 bits per heavy atom. The van der Waals surface area contributed by atoms with Crippen molar-refractivity contribution < 1.29 is 0 Å². The van der Waals surface area contributed by atoms with Crippen LogP contribution in [0.1, 0.15) is 33.1 Å². The molecule has 1 fully saturated rings. The zero-order chi connectivity index (χ0) is 10.6. The third-order valence-electron chi connectivity index (χ3n) is 3.15. The summed E-state index contributed by atoms with van der Waals surface area (Å²) in [6, 6.07) is 1.81.